The van der Waals surface area contributed by atoms with E-state index < -0.39 is 0 Å². The van der Waals surface area contributed by atoms with Gasteiger partial charge in [0.1, 0.15) is 0 Å². The van der Waals surface area contributed by atoms with Crippen LogP contribution in [-0.2, 0) is 6.42 Å². The summed E-state index contributed by atoms with van der Waals surface area (Å²) in [6.45, 7) is 8.96. The van der Waals surface area contributed by atoms with Crippen molar-refractivity contribution in [3.05, 3.63) is 34.9 Å². The van der Waals surface area contributed by atoms with Crippen molar-refractivity contribution in [2.45, 2.75) is 45.6 Å². The van der Waals surface area contributed by atoms with Gasteiger partial charge < -0.3 is 15.5 Å². The van der Waals surface area contributed by atoms with Crippen LogP contribution in [0.4, 0.5) is 0 Å². The van der Waals surface area contributed by atoms with E-state index in [0.29, 0.717) is 0 Å². The van der Waals surface area contributed by atoms with E-state index in [2.05, 4.69) is 46.5 Å². The van der Waals surface area contributed by atoms with Crippen molar-refractivity contribution < 1.29 is 0 Å². The lowest BCUT2D eigenvalue weighted by Crippen LogP contribution is -2.44. The molecule has 27 heavy (non-hydrogen) atoms. The van der Waals surface area contributed by atoms with E-state index in [1.807, 2.05) is 19.2 Å². The van der Waals surface area contributed by atoms with Crippen LogP contribution in [0.25, 0.3) is 0 Å². The first-order chi connectivity index (χ1) is 12.4. The molecular formula is C21H34ClIN4. The second kappa shape index (κ2) is 10.3. The maximum atomic E-state index is 6.11. The lowest BCUT2D eigenvalue weighted by Gasteiger charge is -2.26. The molecule has 0 aromatic heterocycles. The van der Waals surface area contributed by atoms with Gasteiger partial charge in [-0.1, -0.05) is 37.6 Å². The van der Waals surface area contributed by atoms with Gasteiger partial charge in [0.25, 0.3) is 0 Å². The van der Waals surface area contributed by atoms with Crippen LogP contribution in [0.15, 0.2) is 29.3 Å². The average molecular weight is 505 g/mol. The Bertz CT molecular complexity index is 630. The van der Waals surface area contributed by atoms with Crippen LogP contribution in [0.5, 0.6) is 0 Å². The minimum absolute atomic E-state index is 0. The van der Waals surface area contributed by atoms with Gasteiger partial charge in [-0.25, -0.2) is 0 Å². The van der Waals surface area contributed by atoms with Crippen LogP contribution < -0.4 is 10.6 Å². The maximum Gasteiger partial charge on any atom is 0.191 e. The zero-order valence-electron chi connectivity index (χ0n) is 16.8. The van der Waals surface area contributed by atoms with Crippen LogP contribution in [0.2, 0.25) is 5.02 Å². The molecule has 1 aliphatic carbocycles. The number of hydrogen-bond donors (Lipinski definition) is 2. The van der Waals surface area contributed by atoms with Crippen molar-refractivity contribution in [3.63, 3.8) is 0 Å². The third-order valence-corrected chi connectivity index (χ3v) is 5.70. The summed E-state index contributed by atoms with van der Waals surface area (Å²) in [6.07, 6.45) is 5.10. The average Bonchev–Trinajstić information content (AvgIpc) is 3.33. The Morgan fingerprint density at radius 3 is 2.70 bits per heavy atom. The van der Waals surface area contributed by atoms with Crippen LogP contribution in [0.3, 0.4) is 0 Å². The summed E-state index contributed by atoms with van der Waals surface area (Å²) in [7, 11) is 1.85. The van der Waals surface area contributed by atoms with Crippen molar-refractivity contribution in [1.29, 1.82) is 0 Å². The molecule has 1 aliphatic heterocycles. The molecule has 1 unspecified atom stereocenters. The number of nitrogens with one attached hydrogen (secondary N) is 2. The number of likely N-dealkylation sites (tertiary alicyclic amines) is 1. The Morgan fingerprint density at radius 1 is 1.26 bits per heavy atom. The summed E-state index contributed by atoms with van der Waals surface area (Å²) in [5, 5.41) is 7.84. The van der Waals surface area contributed by atoms with Crippen molar-refractivity contribution >= 4 is 41.5 Å². The summed E-state index contributed by atoms with van der Waals surface area (Å²) in [5.74, 6) is 1.66. The summed E-state index contributed by atoms with van der Waals surface area (Å²) < 4.78 is 0. The van der Waals surface area contributed by atoms with Crippen LogP contribution >= 0.6 is 35.6 Å². The smallest absolute Gasteiger partial charge is 0.191 e. The highest BCUT2D eigenvalue weighted by Gasteiger charge is 2.34. The van der Waals surface area contributed by atoms with E-state index in [1.54, 1.807) is 0 Å². The number of hydrogen-bond acceptors (Lipinski definition) is 2. The molecule has 1 atom stereocenters. The lowest BCUT2D eigenvalue weighted by molar-refractivity contribution is 0.313. The standard InChI is InChI=1S/C21H33ClN4.HI/c1-21(2,12-16-5-4-6-18(22)11-16)15-25-20(23-3)24-13-17-9-10-26(14-17)19-7-8-19;/h4-6,11,17,19H,7-10,12-15H2,1-3H3,(H2,23,24,25);1H. The normalized spacial score (nSPS) is 21.0. The van der Waals surface area contributed by atoms with Crippen LogP contribution in [-0.4, -0.2) is 50.1 Å². The molecule has 0 bridgehead atoms. The van der Waals surface area contributed by atoms with Gasteiger partial charge in [0.05, 0.1) is 0 Å². The van der Waals surface area contributed by atoms with Gasteiger partial charge in [-0.2, -0.15) is 0 Å². The first-order valence-electron chi connectivity index (χ1n) is 9.88. The number of benzene rings is 1. The third kappa shape index (κ3) is 7.42. The fourth-order valence-electron chi connectivity index (χ4n) is 3.85. The third-order valence-electron chi connectivity index (χ3n) is 5.47. The van der Waals surface area contributed by atoms with Gasteiger partial charge in [0.2, 0.25) is 0 Å². The molecule has 1 aromatic rings. The molecule has 1 aromatic carbocycles. The van der Waals surface area contributed by atoms with Crippen LogP contribution in [0, 0.1) is 11.3 Å². The Morgan fingerprint density at radius 2 is 2.04 bits per heavy atom. The van der Waals surface area contributed by atoms with E-state index >= 15 is 0 Å². The van der Waals surface area contributed by atoms with E-state index in [1.165, 1.54) is 37.9 Å². The van der Waals surface area contributed by atoms with Crippen LogP contribution in [0.1, 0.15) is 38.7 Å². The second-order valence-corrected chi connectivity index (χ2v) is 9.09. The molecule has 0 spiro atoms. The van der Waals surface area contributed by atoms with Crippen molar-refractivity contribution in [1.82, 2.24) is 15.5 Å². The SMILES string of the molecule is CN=C(NCC1CCN(C2CC2)C1)NCC(C)(C)Cc1cccc(Cl)c1.I. The van der Waals surface area contributed by atoms with Gasteiger partial charge in [-0.3, -0.25) is 4.99 Å². The molecule has 2 fully saturated rings. The highest BCUT2D eigenvalue weighted by atomic mass is 127. The predicted octanol–water partition coefficient (Wildman–Crippen LogP) is 4.18. The van der Waals surface area contributed by atoms with Gasteiger partial charge in [-0.05, 0) is 61.3 Å². The number of guanidine groups is 1. The van der Waals surface area contributed by atoms with Gasteiger partial charge in [-0.15, -0.1) is 24.0 Å². The molecule has 1 saturated carbocycles. The monoisotopic (exact) mass is 504 g/mol. The molecular weight excluding hydrogens is 471 g/mol. The van der Waals surface area contributed by atoms with E-state index in [0.717, 1.165) is 42.5 Å². The van der Waals surface area contributed by atoms with E-state index in [4.69, 9.17) is 11.6 Å². The molecule has 2 N–H and O–H groups in total. The predicted molar refractivity (Wildman–Crippen MR) is 126 cm³/mol. The Hall–Kier alpha value is -0.530. The number of halogens is 2. The largest absolute Gasteiger partial charge is 0.356 e. The zero-order chi connectivity index (χ0) is 18.6. The van der Waals surface area contributed by atoms with E-state index in [9.17, 15) is 0 Å². The second-order valence-electron chi connectivity index (χ2n) is 8.66. The molecule has 152 valence electrons. The number of nitrogens with zero attached hydrogens (tertiary/aromatic N) is 2. The molecule has 2 aliphatic rings. The summed E-state index contributed by atoms with van der Waals surface area (Å²) in [5.41, 5.74) is 1.40. The Kier molecular flexibility index (Phi) is 8.69. The summed E-state index contributed by atoms with van der Waals surface area (Å²) >= 11 is 6.11. The first kappa shape index (κ1) is 22.8. The molecule has 6 heteroatoms. The van der Waals surface area contributed by atoms with E-state index in [-0.39, 0.29) is 29.4 Å². The number of aliphatic imine (C=N–C) groups is 1. The van der Waals surface area contributed by atoms with Crippen molar-refractivity contribution in [3.8, 4) is 0 Å². The molecule has 0 radical (unpaired) electrons. The summed E-state index contributed by atoms with van der Waals surface area (Å²) in [4.78, 5) is 7.06. The quantitative estimate of drug-likeness (QED) is 0.332. The Labute approximate surface area is 186 Å². The zero-order valence-corrected chi connectivity index (χ0v) is 19.9. The fraction of sp³-hybridized carbons (Fsp3) is 0.667. The minimum atomic E-state index is 0. The van der Waals surface area contributed by atoms with Crippen molar-refractivity contribution in [2.24, 2.45) is 16.3 Å². The highest BCUT2D eigenvalue weighted by Crippen LogP contribution is 2.31. The molecule has 4 nitrogen and oxygen atoms in total. The number of rotatable bonds is 7. The van der Waals surface area contributed by atoms with Gasteiger partial charge in [0.15, 0.2) is 5.96 Å². The molecule has 1 saturated heterocycles. The molecule has 0 amide bonds. The first-order valence-corrected chi connectivity index (χ1v) is 10.3. The Balaban J connectivity index is 0.00000261. The lowest BCUT2D eigenvalue weighted by atomic mass is 9.86. The molecule has 1 heterocycles. The topological polar surface area (TPSA) is 39.7 Å². The van der Waals surface area contributed by atoms with Crippen molar-refractivity contribution in [2.75, 3.05) is 33.2 Å². The van der Waals surface area contributed by atoms with Gasteiger partial charge >= 0.3 is 0 Å². The minimum Gasteiger partial charge on any atom is -0.356 e. The fourth-order valence-corrected chi connectivity index (χ4v) is 4.06. The molecule has 3 rings (SSSR count). The maximum absolute atomic E-state index is 6.11. The highest BCUT2D eigenvalue weighted by molar-refractivity contribution is 14.0. The van der Waals surface area contributed by atoms with Gasteiger partial charge in [0, 0.05) is 37.7 Å². The summed E-state index contributed by atoms with van der Waals surface area (Å²) in [6, 6.07) is 9.04.